The SMILES string of the molecule is Cc1ccc(S(=O)(=O)Nc2ccc(OCc3cc(=O)n4cc(C)ccc4n3)cc2)cc1. The van der Waals surface area contributed by atoms with Gasteiger partial charge in [0.15, 0.2) is 0 Å². The van der Waals surface area contributed by atoms with Gasteiger partial charge in [0.25, 0.3) is 15.6 Å². The van der Waals surface area contributed by atoms with E-state index in [4.69, 9.17) is 4.74 Å². The minimum absolute atomic E-state index is 0.119. The maximum absolute atomic E-state index is 12.5. The normalized spacial score (nSPS) is 11.4. The summed E-state index contributed by atoms with van der Waals surface area (Å²) in [6, 6.07) is 18.3. The van der Waals surface area contributed by atoms with Gasteiger partial charge in [0, 0.05) is 18.0 Å². The van der Waals surface area contributed by atoms with Crippen molar-refractivity contribution in [3.8, 4) is 5.75 Å². The van der Waals surface area contributed by atoms with Crippen LogP contribution in [-0.2, 0) is 16.6 Å². The molecule has 1 N–H and O–H groups in total. The molecule has 0 atom stereocenters. The Morgan fingerprint density at radius 1 is 0.935 bits per heavy atom. The third-order valence-corrected chi connectivity index (χ3v) is 6.08. The van der Waals surface area contributed by atoms with Crippen LogP contribution in [0.25, 0.3) is 5.65 Å². The number of sulfonamides is 1. The first kappa shape index (κ1) is 20.6. The summed E-state index contributed by atoms with van der Waals surface area (Å²) in [6.07, 6.45) is 1.74. The predicted octanol–water partition coefficient (Wildman–Crippen LogP) is 3.69. The summed E-state index contributed by atoms with van der Waals surface area (Å²) in [5.41, 5.74) is 3.27. The van der Waals surface area contributed by atoms with E-state index in [1.165, 1.54) is 10.5 Å². The summed E-state index contributed by atoms with van der Waals surface area (Å²) in [4.78, 5) is 16.9. The molecule has 0 aliphatic heterocycles. The van der Waals surface area contributed by atoms with Crippen LogP contribution >= 0.6 is 0 Å². The monoisotopic (exact) mass is 435 g/mol. The molecule has 2 aromatic heterocycles. The average Bonchev–Trinajstić information content (AvgIpc) is 2.74. The Morgan fingerprint density at radius 2 is 1.61 bits per heavy atom. The van der Waals surface area contributed by atoms with Crippen LogP contribution in [0.1, 0.15) is 16.8 Å². The van der Waals surface area contributed by atoms with Crippen molar-refractivity contribution in [2.75, 3.05) is 4.72 Å². The van der Waals surface area contributed by atoms with Crippen LogP contribution in [0, 0.1) is 13.8 Å². The van der Waals surface area contributed by atoms with Gasteiger partial charge in [0.2, 0.25) is 0 Å². The second-order valence-corrected chi connectivity index (χ2v) is 8.93. The highest BCUT2D eigenvalue weighted by molar-refractivity contribution is 7.92. The number of aromatic nitrogens is 2. The van der Waals surface area contributed by atoms with E-state index in [0.717, 1.165) is 11.1 Å². The molecule has 0 spiro atoms. The highest BCUT2D eigenvalue weighted by atomic mass is 32.2. The zero-order valence-electron chi connectivity index (χ0n) is 17.1. The van der Waals surface area contributed by atoms with Gasteiger partial charge in [-0.25, -0.2) is 13.4 Å². The summed E-state index contributed by atoms with van der Waals surface area (Å²) in [7, 11) is -3.66. The third kappa shape index (κ3) is 4.75. The largest absolute Gasteiger partial charge is 0.487 e. The Kier molecular flexibility index (Phi) is 5.48. The molecule has 8 heteroatoms. The van der Waals surface area contributed by atoms with E-state index < -0.39 is 10.0 Å². The molecule has 31 heavy (non-hydrogen) atoms. The van der Waals surface area contributed by atoms with Crippen molar-refractivity contribution in [2.45, 2.75) is 25.3 Å². The van der Waals surface area contributed by atoms with Crippen molar-refractivity contribution in [3.05, 3.63) is 100 Å². The Labute approximate surface area is 180 Å². The topological polar surface area (TPSA) is 89.8 Å². The molecule has 7 nitrogen and oxygen atoms in total. The number of rotatable bonds is 6. The molecule has 158 valence electrons. The van der Waals surface area contributed by atoms with Gasteiger partial charge in [-0.15, -0.1) is 0 Å². The number of nitrogens with zero attached hydrogens (tertiary/aromatic N) is 2. The smallest absolute Gasteiger partial charge is 0.261 e. The zero-order chi connectivity index (χ0) is 22.0. The standard InChI is InChI=1S/C23H21N3O4S/c1-16-3-10-21(11-4-16)31(28,29)25-18-6-8-20(9-7-18)30-15-19-13-23(27)26-14-17(2)5-12-22(26)24-19/h3-14,25H,15H2,1-2H3. The van der Waals surface area contributed by atoms with Crippen LogP contribution in [0.3, 0.4) is 0 Å². The van der Waals surface area contributed by atoms with Crippen molar-refractivity contribution in [1.82, 2.24) is 9.38 Å². The lowest BCUT2D eigenvalue weighted by Crippen LogP contribution is -2.16. The van der Waals surface area contributed by atoms with E-state index in [1.807, 2.05) is 19.9 Å². The van der Waals surface area contributed by atoms with Crippen LogP contribution < -0.4 is 15.0 Å². The predicted molar refractivity (Wildman–Crippen MR) is 119 cm³/mol. The first-order valence-electron chi connectivity index (χ1n) is 9.61. The van der Waals surface area contributed by atoms with Crippen LogP contribution in [0.4, 0.5) is 5.69 Å². The molecule has 0 saturated carbocycles. The van der Waals surface area contributed by atoms with Crippen molar-refractivity contribution in [2.24, 2.45) is 0 Å². The molecule has 4 aromatic rings. The van der Waals surface area contributed by atoms with Gasteiger partial charge in [0.05, 0.1) is 10.6 Å². The molecule has 0 saturated heterocycles. The zero-order valence-corrected chi connectivity index (χ0v) is 17.9. The van der Waals surface area contributed by atoms with Crippen molar-refractivity contribution in [3.63, 3.8) is 0 Å². The number of ether oxygens (including phenoxy) is 1. The summed E-state index contributed by atoms with van der Waals surface area (Å²) in [5, 5.41) is 0. The summed E-state index contributed by atoms with van der Waals surface area (Å²) >= 11 is 0. The summed E-state index contributed by atoms with van der Waals surface area (Å²) in [6.45, 7) is 3.93. The maximum atomic E-state index is 12.5. The van der Waals surface area contributed by atoms with E-state index in [0.29, 0.717) is 22.8 Å². The van der Waals surface area contributed by atoms with Crippen LogP contribution in [0.2, 0.25) is 0 Å². The third-order valence-electron chi connectivity index (χ3n) is 4.69. The highest BCUT2D eigenvalue weighted by Crippen LogP contribution is 2.20. The van der Waals surface area contributed by atoms with Crippen LogP contribution in [0.15, 0.2) is 82.6 Å². The molecule has 0 unspecified atom stereocenters. The molecule has 0 bridgehead atoms. The van der Waals surface area contributed by atoms with Gasteiger partial charge in [0.1, 0.15) is 18.0 Å². The molecular formula is C23H21N3O4S. The van der Waals surface area contributed by atoms with Gasteiger partial charge in [-0.05, 0) is 61.9 Å². The lowest BCUT2D eigenvalue weighted by Gasteiger charge is -2.10. The minimum Gasteiger partial charge on any atom is -0.487 e. The molecule has 4 rings (SSSR count). The van der Waals surface area contributed by atoms with Gasteiger partial charge in [-0.1, -0.05) is 23.8 Å². The number of fused-ring (bicyclic) bond motifs is 1. The number of aryl methyl sites for hydroxylation is 2. The number of pyridine rings is 1. The molecule has 0 aliphatic carbocycles. The van der Waals surface area contributed by atoms with E-state index in [9.17, 15) is 13.2 Å². The van der Waals surface area contributed by atoms with E-state index in [2.05, 4.69) is 9.71 Å². The second-order valence-electron chi connectivity index (χ2n) is 7.25. The number of hydrogen-bond donors (Lipinski definition) is 1. The fraction of sp³-hybridized carbons (Fsp3) is 0.130. The molecule has 2 aromatic carbocycles. The Morgan fingerprint density at radius 3 is 2.32 bits per heavy atom. The fourth-order valence-corrected chi connectivity index (χ4v) is 4.10. The summed E-state index contributed by atoms with van der Waals surface area (Å²) in [5.74, 6) is 0.532. The van der Waals surface area contributed by atoms with Gasteiger partial charge < -0.3 is 4.74 Å². The highest BCUT2D eigenvalue weighted by Gasteiger charge is 2.13. The second kappa shape index (κ2) is 8.23. The minimum atomic E-state index is -3.66. The van der Waals surface area contributed by atoms with Crippen molar-refractivity contribution >= 4 is 21.4 Å². The van der Waals surface area contributed by atoms with E-state index >= 15 is 0 Å². The average molecular weight is 436 g/mol. The van der Waals surface area contributed by atoms with E-state index in [1.54, 1.807) is 60.8 Å². The van der Waals surface area contributed by atoms with Gasteiger partial charge in [-0.2, -0.15) is 0 Å². The van der Waals surface area contributed by atoms with Crippen molar-refractivity contribution in [1.29, 1.82) is 0 Å². The number of hydrogen-bond acceptors (Lipinski definition) is 5. The number of anilines is 1. The lowest BCUT2D eigenvalue weighted by molar-refractivity contribution is 0.301. The van der Waals surface area contributed by atoms with Crippen molar-refractivity contribution < 1.29 is 13.2 Å². The Hall–Kier alpha value is -3.65. The molecule has 0 fully saturated rings. The van der Waals surface area contributed by atoms with Crippen LogP contribution in [0.5, 0.6) is 5.75 Å². The molecule has 0 amide bonds. The number of nitrogens with one attached hydrogen (secondary N) is 1. The van der Waals surface area contributed by atoms with E-state index in [-0.39, 0.29) is 17.1 Å². The quantitative estimate of drug-likeness (QED) is 0.499. The Balaban J connectivity index is 1.44. The maximum Gasteiger partial charge on any atom is 0.261 e. The lowest BCUT2D eigenvalue weighted by atomic mass is 10.2. The Bertz CT molecular complexity index is 1390. The fourth-order valence-electron chi connectivity index (χ4n) is 3.04. The van der Waals surface area contributed by atoms with Gasteiger partial charge >= 0.3 is 0 Å². The van der Waals surface area contributed by atoms with Crippen LogP contribution in [-0.4, -0.2) is 17.8 Å². The first-order valence-corrected chi connectivity index (χ1v) is 11.1. The first-order chi connectivity index (χ1) is 14.8. The molecule has 2 heterocycles. The molecule has 0 aliphatic rings. The number of benzene rings is 2. The summed E-state index contributed by atoms with van der Waals surface area (Å²) < 4.78 is 34.7. The van der Waals surface area contributed by atoms with Gasteiger partial charge in [-0.3, -0.25) is 13.9 Å². The molecular weight excluding hydrogens is 414 g/mol. The molecule has 0 radical (unpaired) electrons.